The number of aryl methyl sites for hydroxylation is 1. The molecule has 0 spiro atoms. The van der Waals surface area contributed by atoms with Gasteiger partial charge in [0.15, 0.2) is 0 Å². The molecule has 2 aromatic rings. The Bertz CT molecular complexity index is 912. The van der Waals surface area contributed by atoms with Crippen LogP contribution in [0.25, 0.3) is 0 Å². The van der Waals surface area contributed by atoms with E-state index in [-0.39, 0.29) is 4.90 Å². The van der Waals surface area contributed by atoms with E-state index in [1.807, 2.05) is 5.32 Å². The fourth-order valence-corrected chi connectivity index (χ4v) is 3.51. The number of para-hydroxylation sites is 1. The SMILES string of the molecule is COc1ccc(S(=O)(=O)N[C@H](C)C(=O)Nc2c(F)cccc2F)cc1C. The maximum atomic E-state index is 13.6. The summed E-state index contributed by atoms with van der Waals surface area (Å²) < 4.78 is 59.2. The molecular formula is C17H18F2N2O4S. The standard InChI is InChI=1S/C17H18F2N2O4S/c1-10-9-12(7-8-15(10)25-3)26(23,24)21-11(2)17(22)20-16-13(18)5-4-6-14(16)19/h4-9,11,21H,1-3H3,(H,20,22)/t11-/m1/s1. The number of carbonyl (C=O) groups excluding carboxylic acids is 1. The topological polar surface area (TPSA) is 84.5 Å². The van der Waals surface area contributed by atoms with Gasteiger partial charge in [-0.2, -0.15) is 4.72 Å². The lowest BCUT2D eigenvalue weighted by Crippen LogP contribution is -2.41. The van der Waals surface area contributed by atoms with Gasteiger partial charge in [0.05, 0.1) is 18.0 Å². The van der Waals surface area contributed by atoms with E-state index in [4.69, 9.17) is 4.74 Å². The number of nitrogens with one attached hydrogen (secondary N) is 2. The summed E-state index contributed by atoms with van der Waals surface area (Å²) >= 11 is 0. The molecule has 9 heteroatoms. The van der Waals surface area contributed by atoms with Crippen molar-refractivity contribution in [3.8, 4) is 5.75 Å². The molecule has 26 heavy (non-hydrogen) atoms. The molecule has 0 aliphatic carbocycles. The molecular weight excluding hydrogens is 366 g/mol. The van der Waals surface area contributed by atoms with Gasteiger partial charge in [-0.05, 0) is 49.7 Å². The summed E-state index contributed by atoms with van der Waals surface area (Å²) in [6, 6.07) is 6.06. The van der Waals surface area contributed by atoms with Gasteiger partial charge in [0.25, 0.3) is 0 Å². The lowest BCUT2D eigenvalue weighted by molar-refractivity contribution is -0.117. The van der Waals surface area contributed by atoms with Crippen molar-refractivity contribution in [1.82, 2.24) is 4.72 Å². The minimum absolute atomic E-state index is 0.0625. The fourth-order valence-electron chi connectivity index (χ4n) is 2.22. The Morgan fingerprint density at radius 3 is 2.31 bits per heavy atom. The number of anilines is 1. The van der Waals surface area contributed by atoms with Gasteiger partial charge in [-0.25, -0.2) is 17.2 Å². The summed E-state index contributed by atoms with van der Waals surface area (Å²) in [6.45, 7) is 2.94. The number of amides is 1. The van der Waals surface area contributed by atoms with Crippen LogP contribution in [0, 0.1) is 18.6 Å². The number of benzene rings is 2. The third-order valence-corrected chi connectivity index (χ3v) is 5.15. The van der Waals surface area contributed by atoms with Gasteiger partial charge in [-0.15, -0.1) is 0 Å². The number of hydrogen-bond acceptors (Lipinski definition) is 4. The molecule has 0 fully saturated rings. The summed E-state index contributed by atoms with van der Waals surface area (Å²) in [7, 11) is -2.56. The molecule has 2 aromatic carbocycles. The molecule has 0 saturated carbocycles. The number of ether oxygens (including phenoxy) is 1. The number of methoxy groups -OCH3 is 1. The summed E-state index contributed by atoms with van der Waals surface area (Å²) in [5.41, 5.74) is -0.0373. The monoisotopic (exact) mass is 384 g/mol. The van der Waals surface area contributed by atoms with Crippen molar-refractivity contribution in [3.05, 3.63) is 53.6 Å². The predicted molar refractivity (Wildman–Crippen MR) is 92.5 cm³/mol. The second-order valence-electron chi connectivity index (χ2n) is 5.56. The first kappa shape index (κ1) is 19.8. The molecule has 1 amide bonds. The molecule has 0 aliphatic heterocycles. The average molecular weight is 384 g/mol. The van der Waals surface area contributed by atoms with Crippen molar-refractivity contribution in [3.63, 3.8) is 0 Å². The first-order valence-electron chi connectivity index (χ1n) is 7.57. The molecule has 0 saturated heterocycles. The largest absolute Gasteiger partial charge is 0.496 e. The number of halogens is 2. The third-order valence-electron chi connectivity index (χ3n) is 3.61. The Morgan fingerprint density at radius 2 is 1.77 bits per heavy atom. The van der Waals surface area contributed by atoms with Crippen LogP contribution in [0.4, 0.5) is 14.5 Å². The first-order chi connectivity index (χ1) is 12.2. The minimum Gasteiger partial charge on any atom is -0.496 e. The van der Waals surface area contributed by atoms with Crippen LogP contribution >= 0.6 is 0 Å². The van der Waals surface area contributed by atoms with E-state index in [1.54, 1.807) is 6.92 Å². The molecule has 0 unspecified atom stereocenters. The van der Waals surface area contributed by atoms with E-state index in [9.17, 15) is 22.0 Å². The summed E-state index contributed by atoms with van der Waals surface area (Å²) in [5.74, 6) is -2.30. The molecule has 140 valence electrons. The summed E-state index contributed by atoms with van der Waals surface area (Å²) in [4.78, 5) is 12.0. The van der Waals surface area contributed by atoms with Gasteiger partial charge in [0, 0.05) is 0 Å². The van der Waals surface area contributed by atoms with Gasteiger partial charge in [-0.1, -0.05) is 6.07 Å². The van der Waals surface area contributed by atoms with E-state index in [1.165, 1.54) is 32.2 Å². The Balaban J connectivity index is 2.16. The highest BCUT2D eigenvalue weighted by Gasteiger charge is 2.24. The highest BCUT2D eigenvalue weighted by molar-refractivity contribution is 7.89. The van der Waals surface area contributed by atoms with Crippen molar-refractivity contribution in [2.45, 2.75) is 24.8 Å². The molecule has 0 radical (unpaired) electrons. The van der Waals surface area contributed by atoms with Crippen molar-refractivity contribution in [1.29, 1.82) is 0 Å². The van der Waals surface area contributed by atoms with Crippen molar-refractivity contribution < 1.29 is 26.7 Å². The van der Waals surface area contributed by atoms with E-state index in [0.717, 1.165) is 18.2 Å². The van der Waals surface area contributed by atoms with Crippen LogP contribution in [0.1, 0.15) is 12.5 Å². The smallest absolute Gasteiger partial charge is 0.242 e. The number of hydrogen-bond donors (Lipinski definition) is 2. The Labute approximate surface area is 150 Å². The zero-order valence-corrected chi connectivity index (χ0v) is 15.2. The van der Waals surface area contributed by atoms with E-state index < -0.39 is 39.3 Å². The Morgan fingerprint density at radius 1 is 1.15 bits per heavy atom. The zero-order chi connectivity index (χ0) is 19.5. The predicted octanol–water partition coefficient (Wildman–Crippen LogP) is 2.59. The molecule has 2 rings (SSSR count). The summed E-state index contributed by atoms with van der Waals surface area (Å²) in [6.07, 6.45) is 0. The van der Waals surface area contributed by atoms with Crippen LogP contribution in [-0.4, -0.2) is 27.5 Å². The van der Waals surface area contributed by atoms with Gasteiger partial charge < -0.3 is 10.1 Å². The molecule has 0 aromatic heterocycles. The molecule has 0 aliphatic rings. The highest BCUT2D eigenvalue weighted by Crippen LogP contribution is 2.22. The quantitative estimate of drug-likeness (QED) is 0.802. The molecule has 0 heterocycles. The normalized spacial score (nSPS) is 12.5. The van der Waals surface area contributed by atoms with Crippen LogP contribution in [0.2, 0.25) is 0 Å². The minimum atomic E-state index is -4.02. The van der Waals surface area contributed by atoms with Crippen LogP contribution in [-0.2, 0) is 14.8 Å². The second kappa shape index (κ2) is 7.79. The van der Waals surface area contributed by atoms with E-state index in [2.05, 4.69) is 4.72 Å². The number of sulfonamides is 1. The lowest BCUT2D eigenvalue weighted by atomic mass is 10.2. The van der Waals surface area contributed by atoms with Crippen molar-refractivity contribution in [2.24, 2.45) is 0 Å². The van der Waals surface area contributed by atoms with E-state index in [0.29, 0.717) is 11.3 Å². The van der Waals surface area contributed by atoms with Crippen molar-refractivity contribution >= 4 is 21.6 Å². The van der Waals surface area contributed by atoms with Crippen LogP contribution in [0.15, 0.2) is 41.3 Å². The fraction of sp³-hybridized carbons (Fsp3) is 0.235. The molecule has 0 bridgehead atoms. The van der Waals surface area contributed by atoms with Crippen LogP contribution < -0.4 is 14.8 Å². The van der Waals surface area contributed by atoms with Crippen molar-refractivity contribution in [2.75, 3.05) is 12.4 Å². The lowest BCUT2D eigenvalue weighted by Gasteiger charge is -2.16. The molecule has 2 N–H and O–H groups in total. The number of rotatable bonds is 6. The van der Waals surface area contributed by atoms with Gasteiger partial charge in [-0.3, -0.25) is 4.79 Å². The van der Waals surface area contributed by atoms with E-state index >= 15 is 0 Å². The summed E-state index contributed by atoms with van der Waals surface area (Å²) in [5, 5.41) is 2.05. The van der Waals surface area contributed by atoms with Crippen LogP contribution in [0.5, 0.6) is 5.75 Å². The third kappa shape index (κ3) is 4.36. The number of carbonyl (C=O) groups is 1. The van der Waals surface area contributed by atoms with Gasteiger partial charge in [0.2, 0.25) is 15.9 Å². The first-order valence-corrected chi connectivity index (χ1v) is 9.06. The second-order valence-corrected chi connectivity index (χ2v) is 7.27. The van der Waals surface area contributed by atoms with Crippen LogP contribution in [0.3, 0.4) is 0 Å². The van der Waals surface area contributed by atoms with Gasteiger partial charge >= 0.3 is 0 Å². The highest BCUT2D eigenvalue weighted by atomic mass is 32.2. The molecule has 1 atom stereocenters. The zero-order valence-electron chi connectivity index (χ0n) is 14.3. The average Bonchev–Trinajstić information content (AvgIpc) is 2.57. The van der Waals surface area contributed by atoms with Gasteiger partial charge in [0.1, 0.15) is 23.1 Å². The Kier molecular flexibility index (Phi) is 5.94. The molecule has 6 nitrogen and oxygen atoms in total. The maximum absolute atomic E-state index is 13.6. The Hall–Kier alpha value is -2.52. The maximum Gasteiger partial charge on any atom is 0.242 e.